The second-order valence-electron chi connectivity index (χ2n) is 7.56. The number of carbonyl (C=O) groups excluding carboxylic acids is 2. The fourth-order valence-electron chi connectivity index (χ4n) is 4.24. The topological polar surface area (TPSA) is 60.1 Å². The van der Waals surface area contributed by atoms with E-state index in [4.69, 9.17) is 0 Å². The zero-order chi connectivity index (χ0) is 19.8. The maximum absolute atomic E-state index is 13.5. The van der Waals surface area contributed by atoms with Gasteiger partial charge in [-0.05, 0) is 38.8 Å². The molecule has 1 aliphatic rings. The van der Waals surface area contributed by atoms with Crippen LogP contribution in [-0.4, -0.2) is 37.5 Å². The lowest BCUT2D eigenvalue weighted by molar-refractivity contribution is -0.135. The lowest BCUT2D eigenvalue weighted by atomic mass is 10.1. The summed E-state index contributed by atoms with van der Waals surface area (Å²) in [7, 11) is 0. The molecule has 0 saturated heterocycles. The van der Waals surface area contributed by atoms with Gasteiger partial charge in [-0.3, -0.25) is 14.3 Å². The minimum atomic E-state index is -0.325. The second-order valence-corrected chi connectivity index (χ2v) is 7.56. The van der Waals surface area contributed by atoms with Crippen molar-refractivity contribution >= 4 is 22.6 Å². The van der Waals surface area contributed by atoms with Gasteiger partial charge in [-0.1, -0.05) is 25.1 Å². The van der Waals surface area contributed by atoms with E-state index >= 15 is 0 Å². The Labute approximate surface area is 164 Å². The number of rotatable bonds is 4. The van der Waals surface area contributed by atoms with Crippen LogP contribution in [-0.2, 0) is 17.9 Å². The standard InChI is InChI=1S/C22H26N4O2/c1-4-20(25-14-19(16(3)27)18-8-5-6-9-21(18)25)22(28)24-10-7-11-26-17(13-24)12-15(2)23-26/h5-6,8-9,12,14,20H,4,7,10-11,13H2,1-3H3/t20-/m1/s1. The molecule has 0 spiro atoms. The normalized spacial score (nSPS) is 15.3. The molecule has 2 aromatic heterocycles. The first kappa shape index (κ1) is 18.5. The van der Waals surface area contributed by atoms with Crippen molar-refractivity contribution in [1.29, 1.82) is 0 Å². The third kappa shape index (κ3) is 3.13. The van der Waals surface area contributed by atoms with E-state index in [0.717, 1.165) is 41.8 Å². The summed E-state index contributed by atoms with van der Waals surface area (Å²) in [5.41, 5.74) is 3.67. The molecular weight excluding hydrogens is 352 g/mol. The van der Waals surface area contributed by atoms with E-state index < -0.39 is 0 Å². The highest BCUT2D eigenvalue weighted by Crippen LogP contribution is 2.28. The highest BCUT2D eigenvalue weighted by molar-refractivity contribution is 6.07. The van der Waals surface area contributed by atoms with Crippen LogP contribution in [0.25, 0.3) is 10.9 Å². The molecule has 3 aromatic rings. The first-order valence-electron chi connectivity index (χ1n) is 9.92. The average molecular weight is 378 g/mol. The molecule has 6 nitrogen and oxygen atoms in total. The van der Waals surface area contributed by atoms with E-state index in [2.05, 4.69) is 11.2 Å². The second kappa shape index (κ2) is 7.26. The third-order valence-electron chi connectivity index (χ3n) is 5.58. The van der Waals surface area contributed by atoms with Crippen molar-refractivity contribution in [2.45, 2.75) is 52.7 Å². The number of Topliss-reactive ketones (excluding diaryl/α,β-unsaturated/α-hetero) is 1. The quantitative estimate of drug-likeness (QED) is 0.650. The van der Waals surface area contributed by atoms with Gasteiger partial charge in [-0.2, -0.15) is 5.10 Å². The molecule has 4 rings (SSSR count). The first-order chi connectivity index (χ1) is 13.5. The highest BCUT2D eigenvalue weighted by atomic mass is 16.2. The molecule has 0 unspecified atom stereocenters. The number of nitrogens with zero attached hydrogens (tertiary/aromatic N) is 4. The molecule has 6 heteroatoms. The van der Waals surface area contributed by atoms with E-state index in [1.165, 1.54) is 0 Å². The van der Waals surface area contributed by atoms with Crippen molar-refractivity contribution < 1.29 is 9.59 Å². The number of amides is 1. The summed E-state index contributed by atoms with van der Waals surface area (Å²) >= 11 is 0. The van der Waals surface area contributed by atoms with Gasteiger partial charge in [0.2, 0.25) is 5.91 Å². The summed E-state index contributed by atoms with van der Waals surface area (Å²) in [4.78, 5) is 27.6. The molecule has 1 aliphatic heterocycles. The Bertz CT molecular complexity index is 1050. The van der Waals surface area contributed by atoms with Gasteiger partial charge in [0, 0.05) is 35.8 Å². The van der Waals surface area contributed by atoms with Crippen molar-refractivity contribution in [3.63, 3.8) is 0 Å². The molecule has 0 bridgehead atoms. The minimum absolute atomic E-state index is 0.0198. The molecule has 28 heavy (non-hydrogen) atoms. The molecule has 3 heterocycles. The van der Waals surface area contributed by atoms with E-state index in [1.54, 1.807) is 6.92 Å². The van der Waals surface area contributed by atoms with E-state index in [0.29, 0.717) is 18.5 Å². The summed E-state index contributed by atoms with van der Waals surface area (Å²) < 4.78 is 4.00. The van der Waals surface area contributed by atoms with Gasteiger partial charge < -0.3 is 9.47 Å². The number of hydrogen-bond donors (Lipinski definition) is 0. The van der Waals surface area contributed by atoms with Gasteiger partial charge in [-0.15, -0.1) is 0 Å². The summed E-state index contributed by atoms with van der Waals surface area (Å²) in [6.07, 6.45) is 3.41. The van der Waals surface area contributed by atoms with E-state index in [9.17, 15) is 9.59 Å². The predicted octanol–water partition coefficient (Wildman–Crippen LogP) is 3.73. The number of aryl methyl sites for hydroxylation is 2. The molecule has 0 N–H and O–H groups in total. The monoisotopic (exact) mass is 378 g/mol. The Balaban J connectivity index is 1.70. The van der Waals surface area contributed by atoms with Crippen molar-refractivity contribution in [2.24, 2.45) is 0 Å². The maximum Gasteiger partial charge on any atom is 0.245 e. The Morgan fingerprint density at radius 3 is 2.75 bits per heavy atom. The molecule has 0 aliphatic carbocycles. The Morgan fingerprint density at radius 1 is 1.21 bits per heavy atom. The smallest absolute Gasteiger partial charge is 0.245 e. The van der Waals surface area contributed by atoms with Gasteiger partial charge in [0.1, 0.15) is 6.04 Å². The fourth-order valence-corrected chi connectivity index (χ4v) is 4.24. The number of para-hydroxylation sites is 1. The number of ketones is 1. The molecule has 0 saturated carbocycles. The zero-order valence-electron chi connectivity index (χ0n) is 16.7. The van der Waals surface area contributed by atoms with Crippen molar-refractivity contribution in [3.8, 4) is 0 Å². The first-order valence-corrected chi connectivity index (χ1v) is 9.92. The van der Waals surface area contributed by atoms with Crippen molar-refractivity contribution in [2.75, 3.05) is 6.54 Å². The zero-order valence-corrected chi connectivity index (χ0v) is 16.7. The predicted molar refractivity (Wildman–Crippen MR) is 108 cm³/mol. The molecule has 0 fully saturated rings. The Hall–Kier alpha value is -2.89. The third-order valence-corrected chi connectivity index (χ3v) is 5.58. The molecule has 0 radical (unpaired) electrons. The molecule has 1 atom stereocenters. The number of hydrogen-bond acceptors (Lipinski definition) is 3. The maximum atomic E-state index is 13.5. The minimum Gasteiger partial charge on any atom is -0.335 e. The summed E-state index contributed by atoms with van der Waals surface area (Å²) in [5, 5.41) is 5.44. The van der Waals surface area contributed by atoms with E-state index in [-0.39, 0.29) is 17.7 Å². The van der Waals surface area contributed by atoms with Crippen LogP contribution in [0.1, 0.15) is 54.5 Å². The van der Waals surface area contributed by atoms with Crippen LogP contribution in [0, 0.1) is 6.92 Å². The van der Waals surface area contributed by atoms with Crippen LogP contribution in [0.15, 0.2) is 36.5 Å². The number of benzene rings is 1. The lowest BCUT2D eigenvalue weighted by Gasteiger charge is -2.26. The van der Waals surface area contributed by atoms with Crippen LogP contribution in [0.5, 0.6) is 0 Å². The number of fused-ring (bicyclic) bond motifs is 2. The van der Waals surface area contributed by atoms with E-state index in [1.807, 2.05) is 58.5 Å². The van der Waals surface area contributed by atoms with Crippen molar-refractivity contribution in [1.82, 2.24) is 19.2 Å². The van der Waals surface area contributed by atoms with Crippen LogP contribution in [0.4, 0.5) is 0 Å². The summed E-state index contributed by atoms with van der Waals surface area (Å²) in [6, 6.07) is 9.55. The molecule has 1 amide bonds. The highest BCUT2D eigenvalue weighted by Gasteiger charge is 2.28. The van der Waals surface area contributed by atoms with Crippen LogP contribution >= 0.6 is 0 Å². The summed E-state index contributed by atoms with van der Waals surface area (Å²) in [5.74, 6) is 0.122. The molecule has 1 aromatic carbocycles. The lowest BCUT2D eigenvalue weighted by Crippen LogP contribution is -2.36. The SMILES string of the molecule is CC[C@H](C(=O)N1CCCn2nc(C)cc2C1)n1cc(C(C)=O)c2ccccc21. The Morgan fingerprint density at radius 2 is 2.00 bits per heavy atom. The fraction of sp³-hybridized carbons (Fsp3) is 0.409. The molecule has 146 valence electrons. The summed E-state index contributed by atoms with van der Waals surface area (Å²) in [6.45, 7) is 7.72. The number of aromatic nitrogens is 3. The van der Waals surface area contributed by atoms with Crippen LogP contribution in [0.2, 0.25) is 0 Å². The van der Waals surface area contributed by atoms with Gasteiger partial charge in [0.15, 0.2) is 5.78 Å². The largest absolute Gasteiger partial charge is 0.335 e. The van der Waals surface area contributed by atoms with Crippen LogP contribution in [0.3, 0.4) is 0 Å². The van der Waals surface area contributed by atoms with Gasteiger partial charge in [0.05, 0.1) is 17.9 Å². The molecular formula is C22H26N4O2. The number of carbonyl (C=O) groups is 2. The van der Waals surface area contributed by atoms with Gasteiger partial charge in [0.25, 0.3) is 0 Å². The van der Waals surface area contributed by atoms with Crippen LogP contribution < -0.4 is 0 Å². The van der Waals surface area contributed by atoms with Crippen molar-refractivity contribution in [3.05, 3.63) is 53.5 Å². The van der Waals surface area contributed by atoms with Gasteiger partial charge >= 0.3 is 0 Å². The Kier molecular flexibility index (Phi) is 4.79. The van der Waals surface area contributed by atoms with Gasteiger partial charge in [-0.25, -0.2) is 0 Å². The average Bonchev–Trinajstić information content (AvgIpc) is 3.16.